The van der Waals surface area contributed by atoms with Crippen molar-refractivity contribution in [2.24, 2.45) is 0 Å². The van der Waals surface area contributed by atoms with Gasteiger partial charge in [0.1, 0.15) is 0 Å². The molecule has 264 valence electrons. The quantitative estimate of drug-likeness (QED) is 0.180. The average Bonchev–Trinajstić information content (AvgIpc) is 3.95. The molecule has 57 heavy (non-hydrogen) atoms. The minimum absolute atomic E-state index is 0.730. The summed E-state index contributed by atoms with van der Waals surface area (Å²) in [4.78, 5) is 11.0. The molecule has 0 spiro atoms. The molecule has 0 bridgehead atoms. The molecule has 0 N–H and O–H groups in total. The lowest BCUT2D eigenvalue weighted by Gasteiger charge is -2.15. The smallest absolute Gasteiger partial charge is 0.161 e. The van der Waals surface area contributed by atoms with E-state index in [0.29, 0.717) is 0 Å². The first-order valence-corrected chi connectivity index (χ1v) is 20.9. The number of hydrogen-bond acceptors (Lipinski definition) is 4. The Morgan fingerprint density at radius 2 is 0.965 bits per heavy atom. The van der Waals surface area contributed by atoms with Gasteiger partial charge in [-0.25, -0.2) is 9.97 Å². The van der Waals surface area contributed by atoms with Gasteiger partial charge in [-0.15, -0.1) is 22.7 Å². The Morgan fingerprint density at radius 3 is 1.68 bits per heavy atom. The summed E-state index contributed by atoms with van der Waals surface area (Å²) in [6.45, 7) is 0. The van der Waals surface area contributed by atoms with E-state index in [1.165, 1.54) is 83.7 Å². The van der Waals surface area contributed by atoms with Crippen LogP contribution in [0.5, 0.6) is 0 Å². The van der Waals surface area contributed by atoms with Gasteiger partial charge in [0, 0.05) is 84.1 Å². The van der Waals surface area contributed by atoms with E-state index in [-0.39, 0.29) is 0 Å². The number of fused-ring (bicyclic) bond motifs is 14. The van der Waals surface area contributed by atoms with E-state index >= 15 is 0 Å². The molecule has 3 nitrogen and oxygen atoms in total. The third-order valence-electron chi connectivity index (χ3n) is 11.8. The van der Waals surface area contributed by atoms with Crippen LogP contribution < -0.4 is 0 Å². The summed E-state index contributed by atoms with van der Waals surface area (Å²) in [5.41, 5.74) is 7.52. The minimum Gasteiger partial charge on any atom is -0.308 e. The molecule has 0 saturated heterocycles. The maximum Gasteiger partial charge on any atom is 0.161 e. The Labute approximate surface area is 334 Å². The molecule has 0 radical (unpaired) electrons. The summed E-state index contributed by atoms with van der Waals surface area (Å²) in [5.74, 6) is 0.730. The number of benzene rings is 9. The van der Waals surface area contributed by atoms with E-state index in [4.69, 9.17) is 9.97 Å². The van der Waals surface area contributed by atoms with Crippen LogP contribution in [0.25, 0.3) is 123 Å². The molecule has 0 saturated carbocycles. The van der Waals surface area contributed by atoms with Crippen molar-refractivity contribution in [2.75, 3.05) is 0 Å². The van der Waals surface area contributed by atoms with Crippen LogP contribution in [0.1, 0.15) is 0 Å². The van der Waals surface area contributed by atoms with Gasteiger partial charge < -0.3 is 4.57 Å². The summed E-state index contributed by atoms with van der Waals surface area (Å²) in [6.07, 6.45) is 0. The molecule has 0 amide bonds. The van der Waals surface area contributed by atoms with Gasteiger partial charge in [-0.2, -0.15) is 0 Å². The normalized spacial score (nSPS) is 12.2. The largest absolute Gasteiger partial charge is 0.308 e. The Bertz CT molecular complexity index is 3740. The standard InChI is InChI=1S/C52H29N3S2/c1-3-13-34-30(11-1)21-24-38-39-25-22-31-12-2-4-14-35(31)50(39)55(49(34)38)33-28-42-37-16-7-10-20-46(37)57-51(42)43(29-33)52-53-44-18-8-5-17-40(44)48(54-52)32-23-26-47-41(27-32)36-15-6-9-19-45(36)56-47/h1-29H. The maximum atomic E-state index is 5.57. The fourth-order valence-electron chi connectivity index (χ4n) is 9.19. The zero-order chi connectivity index (χ0) is 37.2. The highest BCUT2D eigenvalue weighted by atomic mass is 32.1. The molecule has 13 aromatic rings. The van der Waals surface area contributed by atoms with E-state index in [9.17, 15) is 0 Å². The Hall–Kier alpha value is -6.92. The van der Waals surface area contributed by atoms with Crippen LogP contribution in [-0.2, 0) is 0 Å². The first-order valence-electron chi connectivity index (χ1n) is 19.2. The first kappa shape index (κ1) is 31.3. The van der Waals surface area contributed by atoms with Crippen molar-refractivity contribution in [1.82, 2.24) is 14.5 Å². The van der Waals surface area contributed by atoms with Gasteiger partial charge in [-0.05, 0) is 53.2 Å². The number of hydrogen-bond donors (Lipinski definition) is 0. The molecule has 9 aromatic carbocycles. The number of aromatic nitrogens is 3. The van der Waals surface area contributed by atoms with E-state index in [2.05, 4.69) is 180 Å². The fraction of sp³-hybridized carbons (Fsp3) is 0. The lowest BCUT2D eigenvalue weighted by atomic mass is 10.0. The van der Waals surface area contributed by atoms with Crippen LogP contribution in [0.3, 0.4) is 0 Å². The summed E-state index contributed by atoms with van der Waals surface area (Å²) in [5, 5.41) is 13.4. The predicted octanol–water partition coefficient (Wildman–Crippen LogP) is 15.1. The van der Waals surface area contributed by atoms with Crippen molar-refractivity contribution in [3.8, 4) is 28.3 Å². The highest BCUT2D eigenvalue weighted by Gasteiger charge is 2.22. The minimum atomic E-state index is 0.730. The fourth-order valence-corrected chi connectivity index (χ4v) is 11.5. The van der Waals surface area contributed by atoms with Crippen molar-refractivity contribution < 1.29 is 0 Å². The zero-order valence-electron chi connectivity index (χ0n) is 30.4. The van der Waals surface area contributed by atoms with Crippen LogP contribution in [-0.4, -0.2) is 14.5 Å². The van der Waals surface area contributed by atoms with Gasteiger partial charge in [-0.3, -0.25) is 0 Å². The predicted molar refractivity (Wildman–Crippen MR) is 246 cm³/mol. The van der Waals surface area contributed by atoms with Gasteiger partial charge in [0.05, 0.1) is 22.2 Å². The Balaban J connectivity index is 1.16. The monoisotopic (exact) mass is 759 g/mol. The van der Waals surface area contributed by atoms with Crippen LogP contribution in [0.2, 0.25) is 0 Å². The highest BCUT2D eigenvalue weighted by molar-refractivity contribution is 7.26. The lowest BCUT2D eigenvalue weighted by molar-refractivity contribution is 1.19. The van der Waals surface area contributed by atoms with Gasteiger partial charge >= 0.3 is 0 Å². The van der Waals surface area contributed by atoms with Crippen molar-refractivity contribution >= 4 is 117 Å². The molecule has 0 atom stereocenters. The maximum absolute atomic E-state index is 5.57. The van der Waals surface area contributed by atoms with Crippen molar-refractivity contribution in [2.45, 2.75) is 0 Å². The van der Waals surface area contributed by atoms with Crippen molar-refractivity contribution in [3.63, 3.8) is 0 Å². The number of thiophene rings is 2. The molecule has 13 rings (SSSR count). The third-order valence-corrected chi connectivity index (χ3v) is 14.1. The Kier molecular flexibility index (Phi) is 6.48. The number of nitrogens with zero attached hydrogens (tertiary/aromatic N) is 3. The van der Waals surface area contributed by atoms with E-state index < -0.39 is 0 Å². The lowest BCUT2D eigenvalue weighted by Crippen LogP contribution is -1.99. The van der Waals surface area contributed by atoms with E-state index in [1.54, 1.807) is 0 Å². The van der Waals surface area contributed by atoms with Gasteiger partial charge in [0.25, 0.3) is 0 Å². The molecule has 0 fully saturated rings. The third kappa shape index (κ3) is 4.52. The van der Waals surface area contributed by atoms with Crippen LogP contribution in [0.4, 0.5) is 0 Å². The van der Waals surface area contributed by atoms with Crippen LogP contribution in [0.15, 0.2) is 176 Å². The summed E-state index contributed by atoms with van der Waals surface area (Å²) in [7, 11) is 0. The van der Waals surface area contributed by atoms with Gasteiger partial charge in [0.2, 0.25) is 0 Å². The molecular formula is C52H29N3S2. The molecule has 4 aromatic heterocycles. The van der Waals surface area contributed by atoms with Gasteiger partial charge in [0.15, 0.2) is 5.82 Å². The topological polar surface area (TPSA) is 30.7 Å². The van der Waals surface area contributed by atoms with Crippen molar-refractivity contribution in [3.05, 3.63) is 176 Å². The van der Waals surface area contributed by atoms with Crippen LogP contribution >= 0.6 is 22.7 Å². The molecule has 0 aliphatic heterocycles. The molecule has 0 unspecified atom stereocenters. The number of para-hydroxylation sites is 1. The molecule has 0 aliphatic rings. The van der Waals surface area contributed by atoms with E-state index in [1.807, 2.05) is 22.7 Å². The SMILES string of the molecule is c1ccc2c(c1)ccc1c3ccc4ccccc4c3n(-c3cc(-c4nc(-c5ccc6sc7ccccc7c6c5)c5ccccc5n4)c4sc5ccccc5c4c3)c21. The summed E-state index contributed by atoms with van der Waals surface area (Å²) in [6, 6.07) is 64.2. The number of rotatable bonds is 3. The first-order chi connectivity index (χ1) is 28.2. The molecule has 0 aliphatic carbocycles. The molecule has 4 heterocycles. The summed E-state index contributed by atoms with van der Waals surface area (Å²) < 4.78 is 7.54. The second-order valence-corrected chi connectivity index (χ2v) is 17.0. The zero-order valence-corrected chi connectivity index (χ0v) is 32.0. The summed E-state index contributed by atoms with van der Waals surface area (Å²) >= 11 is 3.67. The van der Waals surface area contributed by atoms with Gasteiger partial charge in [-0.1, -0.05) is 133 Å². The molecule has 5 heteroatoms. The van der Waals surface area contributed by atoms with Crippen LogP contribution in [0, 0.1) is 0 Å². The second-order valence-electron chi connectivity index (χ2n) is 14.9. The van der Waals surface area contributed by atoms with E-state index in [0.717, 1.165) is 39.2 Å². The Morgan fingerprint density at radius 1 is 0.386 bits per heavy atom. The highest BCUT2D eigenvalue weighted by Crippen LogP contribution is 2.46. The van der Waals surface area contributed by atoms with Crippen molar-refractivity contribution in [1.29, 1.82) is 0 Å². The average molecular weight is 760 g/mol. The second kappa shape index (κ2) is 11.8. The molecular weight excluding hydrogens is 731 g/mol.